The van der Waals surface area contributed by atoms with Crippen LogP contribution in [0.3, 0.4) is 0 Å². The molecule has 0 saturated heterocycles. The summed E-state index contributed by atoms with van der Waals surface area (Å²) in [5.74, 6) is 0.667. The molecule has 0 aliphatic heterocycles. The minimum absolute atomic E-state index is 0.393. The molecule has 90 valence electrons. The van der Waals surface area contributed by atoms with E-state index in [-0.39, 0.29) is 0 Å². The van der Waals surface area contributed by atoms with Crippen molar-refractivity contribution in [3.63, 3.8) is 0 Å². The molecule has 1 fully saturated rings. The van der Waals surface area contributed by atoms with Crippen molar-refractivity contribution in [1.82, 2.24) is 5.32 Å². The van der Waals surface area contributed by atoms with Crippen molar-refractivity contribution >= 4 is 0 Å². The second-order valence-corrected chi connectivity index (χ2v) is 4.20. The summed E-state index contributed by atoms with van der Waals surface area (Å²) in [5.41, 5.74) is 0. The van der Waals surface area contributed by atoms with Gasteiger partial charge in [-0.15, -0.1) is 0 Å². The maximum absolute atomic E-state index is 11.9. The summed E-state index contributed by atoms with van der Waals surface area (Å²) < 4.78 is 35.7. The van der Waals surface area contributed by atoms with Gasteiger partial charge >= 0.3 is 6.18 Å². The van der Waals surface area contributed by atoms with Crippen molar-refractivity contribution in [2.45, 2.75) is 44.4 Å². The molecule has 0 amide bonds. The van der Waals surface area contributed by atoms with Crippen molar-refractivity contribution in [2.24, 2.45) is 5.92 Å². The van der Waals surface area contributed by atoms with Crippen LogP contribution >= 0.6 is 0 Å². The van der Waals surface area contributed by atoms with E-state index in [0.717, 1.165) is 6.42 Å². The standard InChI is InChI=1S/C10H18F3NO/c11-10(12,13)9(15)7-14-6-5-8-3-1-2-4-8/h8-9,14-15H,1-7H2. The van der Waals surface area contributed by atoms with Gasteiger partial charge in [0.15, 0.2) is 6.10 Å². The fourth-order valence-corrected chi connectivity index (χ4v) is 1.96. The lowest BCUT2D eigenvalue weighted by Gasteiger charge is -2.16. The van der Waals surface area contributed by atoms with E-state index in [1.807, 2.05) is 0 Å². The predicted octanol–water partition coefficient (Wildman–Crippen LogP) is 2.08. The molecule has 5 heteroatoms. The Balaban J connectivity index is 2.01. The smallest absolute Gasteiger partial charge is 0.382 e. The van der Waals surface area contributed by atoms with Crippen molar-refractivity contribution in [3.05, 3.63) is 0 Å². The molecule has 0 radical (unpaired) electrons. The lowest BCUT2D eigenvalue weighted by molar-refractivity contribution is -0.201. The lowest BCUT2D eigenvalue weighted by Crippen LogP contribution is -2.38. The molecule has 0 heterocycles. The number of hydrogen-bond donors (Lipinski definition) is 2. The number of halogens is 3. The summed E-state index contributed by atoms with van der Waals surface area (Å²) in [6, 6.07) is 0. The second kappa shape index (κ2) is 5.70. The second-order valence-electron chi connectivity index (χ2n) is 4.20. The van der Waals surface area contributed by atoms with Gasteiger partial charge in [-0.1, -0.05) is 25.7 Å². The highest BCUT2D eigenvalue weighted by Crippen LogP contribution is 2.27. The van der Waals surface area contributed by atoms with Gasteiger partial charge in [0.1, 0.15) is 0 Å². The average Bonchev–Trinajstić information content (AvgIpc) is 2.63. The van der Waals surface area contributed by atoms with E-state index in [9.17, 15) is 13.2 Å². The van der Waals surface area contributed by atoms with Crippen LogP contribution in [0.4, 0.5) is 13.2 Å². The Hall–Kier alpha value is -0.290. The number of aliphatic hydroxyl groups excluding tert-OH is 1. The number of alkyl halides is 3. The maximum Gasteiger partial charge on any atom is 0.415 e. The first-order valence-corrected chi connectivity index (χ1v) is 5.45. The first kappa shape index (κ1) is 12.8. The molecule has 1 aliphatic carbocycles. The average molecular weight is 225 g/mol. The van der Waals surface area contributed by atoms with Crippen LogP contribution in [0.25, 0.3) is 0 Å². The largest absolute Gasteiger partial charge is 0.415 e. The monoisotopic (exact) mass is 225 g/mol. The van der Waals surface area contributed by atoms with E-state index >= 15 is 0 Å². The van der Waals surface area contributed by atoms with Gasteiger partial charge in [0.05, 0.1) is 0 Å². The van der Waals surface area contributed by atoms with Gasteiger partial charge in [0.25, 0.3) is 0 Å². The Bertz CT molecular complexity index is 178. The SMILES string of the molecule is OC(CNCCC1CCCC1)C(F)(F)F. The van der Waals surface area contributed by atoms with Crippen LogP contribution in [-0.4, -0.2) is 30.5 Å². The van der Waals surface area contributed by atoms with Crippen LogP contribution in [0.1, 0.15) is 32.1 Å². The Morgan fingerprint density at radius 2 is 1.87 bits per heavy atom. The van der Waals surface area contributed by atoms with E-state index in [4.69, 9.17) is 5.11 Å². The summed E-state index contributed by atoms with van der Waals surface area (Å²) in [6.45, 7) is 0.175. The molecule has 15 heavy (non-hydrogen) atoms. The van der Waals surface area contributed by atoms with E-state index in [0.29, 0.717) is 12.5 Å². The maximum atomic E-state index is 11.9. The minimum atomic E-state index is -4.50. The van der Waals surface area contributed by atoms with Gasteiger partial charge in [0.2, 0.25) is 0 Å². The molecule has 1 saturated carbocycles. The summed E-state index contributed by atoms with van der Waals surface area (Å²) in [6.07, 6.45) is -0.926. The number of nitrogens with one attached hydrogen (secondary N) is 1. The normalized spacial score (nSPS) is 20.8. The summed E-state index contributed by atoms with van der Waals surface area (Å²) in [7, 11) is 0. The quantitative estimate of drug-likeness (QED) is 0.702. The number of rotatable bonds is 5. The molecule has 0 bridgehead atoms. The van der Waals surface area contributed by atoms with Gasteiger partial charge in [0, 0.05) is 6.54 Å². The van der Waals surface area contributed by atoms with Crippen molar-refractivity contribution in [3.8, 4) is 0 Å². The number of aliphatic hydroxyl groups is 1. The molecule has 0 aromatic rings. The van der Waals surface area contributed by atoms with Crippen LogP contribution in [0.5, 0.6) is 0 Å². The van der Waals surface area contributed by atoms with Gasteiger partial charge in [-0.3, -0.25) is 0 Å². The van der Waals surface area contributed by atoms with Crippen molar-refractivity contribution in [2.75, 3.05) is 13.1 Å². The van der Waals surface area contributed by atoms with Crippen LogP contribution in [0.2, 0.25) is 0 Å². The Labute approximate surface area is 87.9 Å². The van der Waals surface area contributed by atoms with Gasteiger partial charge in [-0.05, 0) is 18.9 Å². The topological polar surface area (TPSA) is 32.3 Å². The molecule has 1 atom stereocenters. The van der Waals surface area contributed by atoms with E-state index < -0.39 is 18.8 Å². The van der Waals surface area contributed by atoms with E-state index in [2.05, 4.69) is 5.32 Å². The third kappa shape index (κ3) is 4.84. The highest BCUT2D eigenvalue weighted by Gasteiger charge is 2.37. The summed E-state index contributed by atoms with van der Waals surface area (Å²) >= 11 is 0. The van der Waals surface area contributed by atoms with E-state index in [1.54, 1.807) is 0 Å². The van der Waals surface area contributed by atoms with E-state index in [1.165, 1.54) is 25.7 Å². The zero-order chi connectivity index (χ0) is 11.3. The fraction of sp³-hybridized carbons (Fsp3) is 1.00. The number of hydrogen-bond acceptors (Lipinski definition) is 2. The molecule has 0 aromatic heterocycles. The first-order valence-electron chi connectivity index (χ1n) is 5.45. The van der Waals surface area contributed by atoms with Crippen molar-refractivity contribution < 1.29 is 18.3 Å². The molecular formula is C10H18F3NO. The Morgan fingerprint density at radius 3 is 2.40 bits per heavy atom. The lowest BCUT2D eigenvalue weighted by atomic mass is 10.0. The zero-order valence-electron chi connectivity index (χ0n) is 8.69. The van der Waals surface area contributed by atoms with Gasteiger partial charge in [-0.2, -0.15) is 13.2 Å². The third-order valence-corrected chi connectivity index (χ3v) is 2.92. The van der Waals surface area contributed by atoms with Crippen LogP contribution in [0.15, 0.2) is 0 Å². The van der Waals surface area contributed by atoms with Gasteiger partial charge < -0.3 is 10.4 Å². The minimum Gasteiger partial charge on any atom is -0.382 e. The third-order valence-electron chi connectivity index (χ3n) is 2.92. The fourth-order valence-electron chi connectivity index (χ4n) is 1.96. The molecule has 2 nitrogen and oxygen atoms in total. The highest BCUT2D eigenvalue weighted by atomic mass is 19.4. The Kier molecular flexibility index (Phi) is 4.86. The molecule has 0 spiro atoms. The van der Waals surface area contributed by atoms with Crippen LogP contribution < -0.4 is 5.32 Å². The zero-order valence-corrected chi connectivity index (χ0v) is 8.69. The molecule has 1 rings (SSSR count). The highest BCUT2D eigenvalue weighted by molar-refractivity contribution is 4.71. The summed E-state index contributed by atoms with van der Waals surface area (Å²) in [4.78, 5) is 0. The summed E-state index contributed by atoms with van der Waals surface area (Å²) in [5, 5.41) is 11.3. The van der Waals surface area contributed by atoms with Crippen molar-refractivity contribution in [1.29, 1.82) is 0 Å². The molecule has 1 aliphatic rings. The molecule has 1 unspecified atom stereocenters. The Morgan fingerprint density at radius 1 is 1.27 bits per heavy atom. The first-order chi connectivity index (χ1) is 7.00. The van der Waals surface area contributed by atoms with Gasteiger partial charge in [-0.25, -0.2) is 0 Å². The molecule has 0 aromatic carbocycles. The predicted molar refractivity (Wildman–Crippen MR) is 51.5 cm³/mol. The molecule has 2 N–H and O–H groups in total. The molecular weight excluding hydrogens is 207 g/mol. The van der Waals surface area contributed by atoms with Crippen LogP contribution in [0, 0.1) is 5.92 Å². The van der Waals surface area contributed by atoms with Crippen LogP contribution in [-0.2, 0) is 0 Å².